The molecule has 0 saturated carbocycles. The number of nitrogens with zero attached hydrogens (tertiary/aromatic N) is 2. The van der Waals surface area contributed by atoms with E-state index in [1.807, 2.05) is 0 Å². The largest absolute Gasteiger partial charge is 0.490 e. The summed E-state index contributed by atoms with van der Waals surface area (Å²) >= 11 is 0. The van der Waals surface area contributed by atoms with Crippen LogP contribution in [0.5, 0.6) is 5.75 Å². The zero-order chi connectivity index (χ0) is 12.2. The highest BCUT2D eigenvalue weighted by Crippen LogP contribution is 2.28. The van der Waals surface area contributed by atoms with Gasteiger partial charge in [-0.1, -0.05) is 20.8 Å². The van der Waals surface area contributed by atoms with Crippen LogP contribution in [0.4, 0.5) is 11.6 Å². The van der Waals surface area contributed by atoms with Crippen LogP contribution in [-0.4, -0.2) is 23.6 Å². The van der Waals surface area contributed by atoms with Crippen molar-refractivity contribution in [3.05, 3.63) is 6.33 Å². The van der Waals surface area contributed by atoms with Gasteiger partial charge < -0.3 is 15.8 Å². The van der Waals surface area contributed by atoms with E-state index in [-0.39, 0.29) is 5.41 Å². The molecule has 1 rings (SSSR count). The Bertz CT molecular complexity index is 352. The molecule has 90 valence electrons. The first-order valence-corrected chi connectivity index (χ1v) is 5.38. The first-order valence-electron chi connectivity index (χ1n) is 5.38. The molecule has 0 fully saturated rings. The van der Waals surface area contributed by atoms with E-state index in [0.29, 0.717) is 17.4 Å². The molecular weight excluding hydrogens is 204 g/mol. The van der Waals surface area contributed by atoms with Gasteiger partial charge in [0.1, 0.15) is 6.33 Å². The van der Waals surface area contributed by atoms with Gasteiger partial charge in [-0.15, -0.1) is 0 Å². The van der Waals surface area contributed by atoms with E-state index in [4.69, 9.17) is 10.5 Å². The third kappa shape index (κ3) is 2.98. The molecule has 0 bridgehead atoms. The fraction of sp³-hybridized carbons (Fsp3) is 0.636. The van der Waals surface area contributed by atoms with E-state index in [9.17, 15) is 0 Å². The average Bonchev–Trinajstić information content (AvgIpc) is 2.26. The first-order chi connectivity index (χ1) is 7.50. The van der Waals surface area contributed by atoms with Crippen LogP contribution in [0.3, 0.4) is 0 Å². The first kappa shape index (κ1) is 12.5. The lowest BCUT2D eigenvalue weighted by Gasteiger charge is -2.23. The maximum absolute atomic E-state index is 5.69. The Hall–Kier alpha value is -1.52. The summed E-state index contributed by atoms with van der Waals surface area (Å²) in [5, 5.41) is 3.24. The number of hydrogen-bond acceptors (Lipinski definition) is 5. The summed E-state index contributed by atoms with van der Waals surface area (Å²) in [4.78, 5) is 8.00. The van der Waals surface area contributed by atoms with Crippen LogP contribution in [0.25, 0.3) is 0 Å². The Kier molecular flexibility index (Phi) is 3.93. The van der Waals surface area contributed by atoms with E-state index in [0.717, 1.165) is 13.0 Å². The highest BCUT2D eigenvalue weighted by Gasteiger charge is 2.17. The van der Waals surface area contributed by atoms with Crippen LogP contribution >= 0.6 is 0 Å². The lowest BCUT2D eigenvalue weighted by atomic mass is 9.90. The fourth-order valence-corrected chi connectivity index (χ4v) is 1.16. The minimum Gasteiger partial charge on any atom is -0.490 e. The smallest absolute Gasteiger partial charge is 0.203 e. The topological polar surface area (TPSA) is 73.1 Å². The Morgan fingerprint density at radius 1 is 1.44 bits per heavy atom. The van der Waals surface area contributed by atoms with Gasteiger partial charge in [0, 0.05) is 6.54 Å². The number of ether oxygens (including phenoxy) is 1. The van der Waals surface area contributed by atoms with E-state index in [2.05, 4.69) is 36.1 Å². The zero-order valence-electron chi connectivity index (χ0n) is 10.4. The van der Waals surface area contributed by atoms with Crippen molar-refractivity contribution >= 4 is 11.6 Å². The number of nitrogens with two attached hydrogens (primary N) is 1. The van der Waals surface area contributed by atoms with Crippen LogP contribution in [-0.2, 0) is 0 Å². The molecule has 0 saturated heterocycles. The van der Waals surface area contributed by atoms with Crippen LogP contribution in [0.2, 0.25) is 0 Å². The summed E-state index contributed by atoms with van der Waals surface area (Å²) in [6.45, 7) is 7.36. The van der Waals surface area contributed by atoms with Crippen molar-refractivity contribution < 1.29 is 4.74 Å². The molecular formula is C11H20N4O. The molecule has 0 unspecified atom stereocenters. The van der Waals surface area contributed by atoms with Gasteiger partial charge in [-0.2, -0.15) is 0 Å². The van der Waals surface area contributed by atoms with Crippen LogP contribution in [0.1, 0.15) is 27.2 Å². The monoisotopic (exact) mass is 224 g/mol. The van der Waals surface area contributed by atoms with Gasteiger partial charge >= 0.3 is 0 Å². The predicted molar refractivity (Wildman–Crippen MR) is 65.6 cm³/mol. The molecule has 0 aliphatic carbocycles. The van der Waals surface area contributed by atoms with E-state index in [1.165, 1.54) is 6.33 Å². The van der Waals surface area contributed by atoms with Gasteiger partial charge in [-0.05, 0) is 11.8 Å². The standard InChI is InChI=1S/C11H20N4O/c1-5-11(2,3)6-13-10-8(16-4)9(12)14-7-15-10/h7H,5-6H2,1-4H3,(H3,12,13,14,15). The second kappa shape index (κ2) is 5.01. The quantitative estimate of drug-likeness (QED) is 0.799. The molecule has 0 amide bonds. The van der Waals surface area contributed by atoms with E-state index >= 15 is 0 Å². The highest BCUT2D eigenvalue weighted by atomic mass is 16.5. The second-order valence-electron chi connectivity index (χ2n) is 4.51. The molecule has 0 aliphatic heterocycles. The average molecular weight is 224 g/mol. The molecule has 3 N–H and O–H groups in total. The summed E-state index contributed by atoms with van der Waals surface area (Å²) < 4.78 is 5.16. The van der Waals surface area contributed by atoms with Crippen molar-refractivity contribution in [1.29, 1.82) is 0 Å². The van der Waals surface area contributed by atoms with Crippen LogP contribution in [0.15, 0.2) is 6.33 Å². The molecule has 5 heteroatoms. The molecule has 0 spiro atoms. The Labute approximate surface area is 96.4 Å². The van der Waals surface area contributed by atoms with Gasteiger partial charge in [0.15, 0.2) is 11.6 Å². The SMILES string of the molecule is CCC(C)(C)CNc1ncnc(N)c1OC. The third-order valence-corrected chi connectivity index (χ3v) is 2.73. The van der Waals surface area contributed by atoms with Gasteiger partial charge in [0.05, 0.1) is 7.11 Å². The Morgan fingerprint density at radius 3 is 2.69 bits per heavy atom. The molecule has 5 nitrogen and oxygen atoms in total. The molecule has 0 aromatic carbocycles. The fourth-order valence-electron chi connectivity index (χ4n) is 1.16. The summed E-state index contributed by atoms with van der Waals surface area (Å²) in [5.41, 5.74) is 5.90. The maximum Gasteiger partial charge on any atom is 0.203 e. The minimum absolute atomic E-state index is 0.213. The molecule has 1 aromatic rings. The number of rotatable bonds is 5. The number of nitrogen functional groups attached to an aromatic ring is 1. The Morgan fingerprint density at radius 2 is 2.12 bits per heavy atom. The van der Waals surface area contributed by atoms with Crippen molar-refractivity contribution in [2.45, 2.75) is 27.2 Å². The van der Waals surface area contributed by atoms with Gasteiger partial charge in [0.25, 0.3) is 0 Å². The van der Waals surface area contributed by atoms with Gasteiger partial charge in [0.2, 0.25) is 5.75 Å². The number of anilines is 2. The molecule has 0 radical (unpaired) electrons. The molecule has 0 atom stereocenters. The molecule has 1 heterocycles. The van der Waals surface area contributed by atoms with Crippen molar-refractivity contribution in [2.24, 2.45) is 5.41 Å². The van der Waals surface area contributed by atoms with Crippen LogP contribution < -0.4 is 15.8 Å². The predicted octanol–water partition coefficient (Wildman–Crippen LogP) is 1.92. The number of nitrogens with one attached hydrogen (secondary N) is 1. The lowest BCUT2D eigenvalue weighted by Crippen LogP contribution is -2.22. The molecule has 16 heavy (non-hydrogen) atoms. The maximum atomic E-state index is 5.69. The van der Waals surface area contributed by atoms with E-state index < -0.39 is 0 Å². The lowest BCUT2D eigenvalue weighted by molar-refractivity contribution is 0.374. The van der Waals surface area contributed by atoms with Crippen molar-refractivity contribution in [3.8, 4) is 5.75 Å². The number of aromatic nitrogens is 2. The summed E-state index contributed by atoms with van der Waals surface area (Å²) in [5.74, 6) is 1.51. The molecule has 0 aliphatic rings. The van der Waals surface area contributed by atoms with Crippen molar-refractivity contribution in [2.75, 3.05) is 24.7 Å². The van der Waals surface area contributed by atoms with Gasteiger partial charge in [-0.25, -0.2) is 9.97 Å². The second-order valence-corrected chi connectivity index (χ2v) is 4.51. The molecule has 1 aromatic heterocycles. The van der Waals surface area contributed by atoms with Crippen molar-refractivity contribution in [3.63, 3.8) is 0 Å². The Balaban J connectivity index is 2.78. The normalized spacial score (nSPS) is 11.2. The number of hydrogen-bond donors (Lipinski definition) is 2. The number of methoxy groups -OCH3 is 1. The summed E-state index contributed by atoms with van der Waals surface area (Å²) in [6, 6.07) is 0. The van der Waals surface area contributed by atoms with Crippen molar-refractivity contribution in [1.82, 2.24) is 9.97 Å². The summed E-state index contributed by atoms with van der Waals surface area (Å²) in [6.07, 6.45) is 2.52. The van der Waals surface area contributed by atoms with Crippen LogP contribution in [0, 0.1) is 5.41 Å². The van der Waals surface area contributed by atoms with E-state index in [1.54, 1.807) is 7.11 Å². The minimum atomic E-state index is 0.213. The third-order valence-electron chi connectivity index (χ3n) is 2.73. The zero-order valence-corrected chi connectivity index (χ0v) is 10.4. The summed E-state index contributed by atoms with van der Waals surface area (Å²) in [7, 11) is 1.56. The van der Waals surface area contributed by atoms with Gasteiger partial charge in [-0.3, -0.25) is 0 Å². The highest BCUT2D eigenvalue weighted by molar-refractivity contribution is 5.61.